The molecule has 1 aromatic heterocycles. The van der Waals surface area contributed by atoms with Crippen molar-refractivity contribution in [3.8, 4) is 5.69 Å². The van der Waals surface area contributed by atoms with Crippen LogP contribution in [-0.4, -0.2) is 26.2 Å². The lowest BCUT2D eigenvalue weighted by molar-refractivity contribution is 0.788. The Morgan fingerprint density at radius 1 is 1.39 bits per heavy atom. The van der Waals surface area contributed by atoms with Gasteiger partial charge in [0.2, 0.25) is 5.96 Å². The summed E-state index contributed by atoms with van der Waals surface area (Å²) in [5.41, 5.74) is 15.3. The van der Waals surface area contributed by atoms with E-state index in [-0.39, 0.29) is 5.96 Å². The average molecular weight is 244 g/mol. The Morgan fingerprint density at radius 3 is 2.89 bits per heavy atom. The maximum Gasteiger partial charge on any atom is 0.208 e. The lowest BCUT2D eigenvalue weighted by Crippen LogP contribution is -2.25. The van der Waals surface area contributed by atoms with E-state index in [0.29, 0.717) is 5.70 Å². The van der Waals surface area contributed by atoms with Crippen molar-refractivity contribution in [3.05, 3.63) is 42.7 Å². The fourth-order valence-electron chi connectivity index (χ4n) is 1.31. The first-order valence-corrected chi connectivity index (χ1v) is 5.04. The molecule has 0 aliphatic carbocycles. The Morgan fingerprint density at radius 2 is 2.22 bits per heavy atom. The van der Waals surface area contributed by atoms with Crippen molar-refractivity contribution in [1.29, 1.82) is 0 Å². The highest BCUT2D eigenvalue weighted by molar-refractivity contribution is 5.76. The van der Waals surface area contributed by atoms with Crippen molar-refractivity contribution >= 4 is 11.7 Å². The number of tetrazole rings is 1. The molecule has 18 heavy (non-hydrogen) atoms. The first kappa shape index (κ1) is 11.6. The van der Waals surface area contributed by atoms with Crippen molar-refractivity contribution < 1.29 is 0 Å². The molecule has 0 bridgehead atoms. The van der Waals surface area contributed by atoms with Crippen molar-refractivity contribution in [1.82, 2.24) is 25.6 Å². The molecule has 2 rings (SSSR count). The third-order valence-corrected chi connectivity index (χ3v) is 2.13. The summed E-state index contributed by atoms with van der Waals surface area (Å²) < 4.78 is 1.54. The largest absolute Gasteiger partial charge is 0.369 e. The minimum Gasteiger partial charge on any atom is -0.369 e. The van der Waals surface area contributed by atoms with Crippen LogP contribution in [0.2, 0.25) is 0 Å². The molecule has 8 heteroatoms. The van der Waals surface area contributed by atoms with Crippen LogP contribution in [0.1, 0.15) is 5.56 Å². The van der Waals surface area contributed by atoms with Crippen molar-refractivity contribution in [2.24, 2.45) is 16.6 Å². The number of aromatic nitrogens is 4. The van der Waals surface area contributed by atoms with Crippen molar-refractivity contribution in [2.45, 2.75) is 0 Å². The number of hydrazone groups is 1. The molecule has 0 radical (unpaired) electrons. The van der Waals surface area contributed by atoms with Gasteiger partial charge >= 0.3 is 0 Å². The predicted octanol–water partition coefficient (Wildman–Crippen LogP) is -0.589. The van der Waals surface area contributed by atoms with Gasteiger partial charge in [-0.15, -0.1) is 10.2 Å². The average Bonchev–Trinajstić information content (AvgIpc) is 2.90. The van der Waals surface area contributed by atoms with E-state index in [1.165, 1.54) is 11.0 Å². The Balaban J connectivity index is 2.22. The van der Waals surface area contributed by atoms with E-state index >= 15 is 0 Å². The first-order valence-electron chi connectivity index (χ1n) is 5.04. The molecule has 0 amide bonds. The van der Waals surface area contributed by atoms with Crippen LogP contribution in [0.25, 0.3) is 11.4 Å². The summed E-state index contributed by atoms with van der Waals surface area (Å²) in [6.45, 7) is 3.83. The molecule has 0 atom stereocenters. The highest BCUT2D eigenvalue weighted by Gasteiger charge is 2.02. The Kier molecular flexibility index (Phi) is 3.19. The summed E-state index contributed by atoms with van der Waals surface area (Å²) in [5.74, 6) is -0.0622. The summed E-state index contributed by atoms with van der Waals surface area (Å²) in [6, 6.07) is 7.45. The Labute approximate surface area is 103 Å². The molecular formula is C10H12N8. The lowest BCUT2D eigenvalue weighted by atomic mass is 10.1. The Hall–Kier alpha value is -2.90. The first-order chi connectivity index (χ1) is 8.66. The predicted molar refractivity (Wildman–Crippen MR) is 67.1 cm³/mol. The molecule has 0 fully saturated rings. The zero-order chi connectivity index (χ0) is 13.0. The van der Waals surface area contributed by atoms with Gasteiger partial charge in [0, 0.05) is 5.56 Å². The van der Waals surface area contributed by atoms with Gasteiger partial charge in [-0.2, -0.15) is 0 Å². The quantitative estimate of drug-likeness (QED) is 0.375. The molecule has 0 aliphatic heterocycles. The standard InChI is InChI=1S/C10H12N8/c1-7(14-15-10(11)12)8-3-2-4-9(5-8)18-6-13-16-17-18/h2-6,14H,1H2,(H4,11,12,15). The summed E-state index contributed by atoms with van der Waals surface area (Å²) >= 11 is 0. The topological polar surface area (TPSA) is 120 Å². The number of nitrogens with one attached hydrogen (secondary N) is 1. The highest BCUT2D eigenvalue weighted by atomic mass is 15.5. The van der Waals surface area contributed by atoms with Crippen LogP contribution in [0.3, 0.4) is 0 Å². The number of benzene rings is 1. The van der Waals surface area contributed by atoms with Gasteiger partial charge in [-0.3, -0.25) is 5.43 Å². The summed E-state index contributed by atoms with van der Waals surface area (Å²) in [6.07, 6.45) is 1.51. The van der Waals surface area contributed by atoms with Crippen molar-refractivity contribution in [3.63, 3.8) is 0 Å². The number of nitrogens with two attached hydrogens (primary N) is 2. The van der Waals surface area contributed by atoms with Gasteiger partial charge in [0.05, 0.1) is 11.4 Å². The zero-order valence-electron chi connectivity index (χ0n) is 9.48. The molecule has 0 saturated heterocycles. The van der Waals surface area contributed by atoms with Crippen LogP contribution in [0.15, 0.2) is 42.3 Å². The van der Waals surface area contributed by atoms with Gasteiger partial charge < -0.3 is 11.5 Å². The van der Waals surface area contributed by atoms with Gasteiger partial charge in [-0.05, 0) is 22.6 Å². The number of hydrogen-bond donors (Lipinski definition) is 3. The molecule has 8 nitrogen and oxygen atoms in total. The molecule has 1 aromatic carbocycles. The number of nitrogens with zero attached hydrogens (tertiary/aromatic N) is 5. The third kappa shape index (κ3) is 2.61. The van der Waals surface area contributed by atoms with E-state index < -0.39 is 0 Å². The highest BCUT2D eigenvalue weighted by Crippen LogP contribution is 2.14. The fourth-order valence-corrected chi connectivity index (χ4v) is 1.31. The smallest absolute Gasteiger partial charge is 0.208 e. The van der Waals surface area contributed by atoms with E-state index in [2.05, 4.69) is 32.6 Å². The van der Waals surface area contributed by atoms with Gasteiger partial charge in [0.1, 0.15) is 6.33 Å². The van der Waals surface area contributed by atoms with E-state index in [1.54, 1.807) is 0 Å². The number of hydrogen-bond acceptors (Lipinski definition) is 5. The normalized spacial score (nSPS) is 9.78. The van der Waals surface area contributed by atoms with Gasteiger partial charge in [0.25, 0.3) is 0 Å². The number of guanidine groups is 1. The van der Waals surface area contributed by atoms with Crippen LogP contribution in [0, 0.1) is 0 Å². The van der Waals surface area contributed by atoms with Crippen LogP contribution in [0.5, 0.6) is 0 Å². The molecular weight excluding hydrogens is 232 g/mol. The van der Waals surface area contributed by atoms with Crippen LogP contribution >= 0.6 is 0 Å². The van der Waals surface area contributed by atoms with Crippen LogP contribution in [-0.2, 0) is 0 Å². The SMILES string of the molecule is C=C(NN=C(N)N)c1cccc(-n2cnnn2)c1. The maximum absolute atomic E-state index is 5.22. The number of rotatable bonds is 4. The lowest BCUT2D eigenvalue weighted by Gasteiger charge is -2.07. The zero-order valence-corrected chi connectivity index (χ0v) is 9.48. The maximum atomic E-state index is 5.22. The molecule has 2 aromatic rings. The summed E-state index contributed by atoms with van der Waals surface area (Å²) in [5, 5.41) is 14.6. The molecule has 0 spiro atoms. The molecule has 0 unspecified atom stereocenters. The van der Waals surface area contributed by atoms with E-state index in [0.717, 1.165) is 11.3 Å². The molecule has 0 aliphatic rings. The van der Waals surface area contributed by atoms with Crippen molar-refractivity contribution in [2.75, 3.05) is 0 Å². The van der Waals surface area contributed by atoms with Crippen LogP contribution in [0.4, 0.5) is 0 Å². The minimum absolute atomic E-state index is 0.0622. The van der Waals surface area contributed by atoms with Gasteiger partial charge in [-0.25, -0.2) is 4.68 Å². The van der Waals surface area contributed by atoms with Crippen LogP contribution < -0.4 is 16.9 Å². The molecule has 0 saturated carbocycles. The van der Waals surface area contributed by atoms with E-state index in [1.807, 2.05) is 24.3 Å². The van der Waals surface area contributed by atoms with Gasteiger partial charge in [0.15, 0.2) is 0 Å². The second kappa shape index (κ2) is 4.95. The fraction of sp³-hybridized carbons (Fsp3) is 0. The molecule has 5 N–H and O–H groups in total. The molecule has 1 heterocycles. The van der Waals surface area contributed by atoms with E-state index in [4.69, 9.17) is 11.5 Å². The summed E-state index contributed by atoms with van der Waals surface area (Å²) in [7, 11) is 0. The second-order valence-electron chi connectivity index (χ2n) is 3.43. The minimum atomic E-state index is -0.0622. The monoisotopic (exact) mass is 244 g/mol. The second-order valence-corrected chi connectivity index (χ2v) is 3.43. The Bertz CT molecular complexity index is 567. The van der Waals surface area contributed by atoms with E-state index in [9.17, 15) is 0 Å². The van der Waals surface area contributed by atoms with Gasteiger partial charge in [-0.1, -0.05) is 18.7 Å². The summed E-state index contributed by atoms with van der Waals surface area (Å²) in [4.78, 5) is 0. The molecule has 92 valence electrons. The third-order valence-electron chi connectivity index (χ3n) is 2.13.